The van der Waals surface area contributed by atoms with E-state index in [0.717, 1.165) is 39.0 Å². The molecule has 2 amide bonds. The first-order chi connectivity index (χ1) is 13.4. The molecule has 1 aliphatic rings. The Hall–Kier alpha value is -2.15. The van der Waals surface area contributed by atoms with Crippen molar-refractivity contribution in [2.45, 2.75) is 59.0 Å². The van der Waals surface area contributed by atoms with Crippen LogP contribution >= 0.6 is 0 Å². The summed E-state index contributed by atoms with van der Waals surface area (Å²) >= 11 is 0. The van der Waals surface area contributed by atoms with Gasteiger partial charge in [-0.15, -0.1) is 0 Å². The molecule has 0 aromatic carbocycles. The average Bonchev–Trinajstić information content (AvgIpc) is 3.06. The molecule has 1 saturated heterocycles. The van der Waals surface area contributed by atoms with Gasteiger partial charge in [0.15, 0.2) is 0 Å². The predicted octanol–water partition coefficient (Wildman–Crippen LogP) is 2.35. The summed E-state index contributed by atoms with van der Waals surface area (Å²) in [5.74, 6) is 0.787. The summed E-state index contributed by atoms with van der Waals surface area (Å²) < 4.78 is 0. The first-order valence-corrected chi connectivity index (χ1v) is 10.4. The number of likely N-dealkylation sites (tertiary alicyclic amines) is 1. The molecule has 0 spiro atoms. The van der Waals surface area contributed by atoms with E-state index in [-0.39, 0.29) is 11.8 Å². The largest absolute Gasteiger partial charge is 0.370 e. The number of amides is 2. The van der Waals surface area contributed by atoms with Crippen LogP contribution in [0.5, 0.6) is 0 Å². The van der Waals surface area contributed by atoms with Gasteiger partial charge in [-0.2, -0.15) is 0 Å². The molecule has 0 radical (unpaired) electrons. The van der Waals surface area contributed by atoms with Crippen LogP contribution in [0.15, 0.2) is 18.2 Å². The number of carbonyl (C=O) groups is 2. The van der Waals surface area contributed by atoms with Crippen molar-refractivity contribution in [3.05, 3.63) is 23.9 Å². The molecule has 1 aromatic rings. The zero-order valence-electron chi connectivity index (χ0n) is 17.7. The summed E-state index contributed by atoms with van der Waals surface area (Å²) in [6.07, 6.45) is 2.51. The maximum Gasteiger partial charge on any atom is 0.270 e. The third-order valence-electron chi connectivity index (χ3n) is 5.05. The molecule has 1 aromatic heterocycles. The molecular formula is C21H35N5O2. The first-order valence-electron chi connectivity index (χ1n) is 10.4. The molecular weight excluding hydrogens is 354 g/mol. The summed E-state index contributed by atoms with van der Waals surface area (Å²) in [5, 5.41) is 6.21. The van der Waals surface area contributed by atoms with E-state index in [1.807, 2.05) is 17.0 Å². The molecule has 1 fully saturated rings. The summed E-state index contributed by atoms with van der Waals surface area (Å²) in [6, 6.07) is 6.31. The van der Waals surface area contributed by atoms with Gasteiger partial charge in [-0.05, 0) is 52.7 Å². The molecule has 1 aliphatic heterocycles. The third-order valence-corrected chi connectivity index (χ3v) is 5.05. The minimum atomic E-state index is -0.154. The SMILES string of the molecule is CC(C)N(CCNC(=O)c1cccc(NCCCN2CCCC2=O)n1)C(C)C. The van der Waals surface area contributed by atoms with Crippen molar-refractivity contribution < 1.29 is 9.59 Å². The van der Waals surface area contributed by atoms with Crippen LogP contribution in [0.1, 0.15) is 57.4 Å². The van der Waals surface area contributed by atoms with E-state index in [1.165, 1.54) is 0 Å². The van der Waals surface area contributed by atoms with Crippen LogP contribution in [-0.4, -0.2) is 71.4 Å². The summed E-state index contributed by atoms with van der Waals surface area (Å²) in [6.45, 7) is 12.4. The van der Waals surface area contributed by atoms with Crippen molar-refractivity contribution in [2.75, 3.05) is 38.0 Å². The number of hydrogen-bond donors (Lipinski definition) is 2. The molecule has 2 rings (SSSR count). The lowest BCUT2D eigenvalue weighted by molar-refractivity contribution is -0.127. The van der Waals surface area contributed by atoms with Crippen molar-refractivity contribution in [3.8, 4) is 0 Å². The Morgan fingerprint density at radius 2 is 1.96 bits per heavy atom. The van der Waals surface area contributed by atoms with Gasteiger partial charge < -0.3 is 15.5 Å². The number of anilines is 1. The van der Waals surface area contributed by atoms with Gasteiger partial charge in [0.1, 0.15) is 11.5 Å². The Labute approximate surface area is 168 Å². The van der Waals surface area contributed by atoms with Gasteiger partial charge in [0.25, 0.3) is 5.91 Å². The number of aromatic nitrogens is 1. The molecule has 156 valence electrons. The highest BCUT2D eigenvalue weighted by atomic mass is 16.2. The molecule has 0 bridgehead atoms. The highest BCUT2D eigenvalue weighted by molar-refractivity contribution is 5.92. The minimum absolute atomic E-state index is 0.154. The van der Waals surface area contributed by atoms with Gasteiger partial charge in [-0.25, -0.2) is 4.98 Å². The highest BCUT2D eigenvalue weighted by Gasteiger charge is 2.19. The summed E-state index contributed by atoms with van der Waals surface area (Å²) in [7, 11) is 0. The first kappa shape index (κ1) is 22.1. The molecule has 2 N–H and O–H groups in total. The fraction of sp³-hybridized carbons (Fsp3) is 0.667. The lowest BCUT2D eigenvalue weighted by Crippen LogP contribution is -2.42. The van der Waals surface area contributed by atoms with Gasteiger partial charge >= 0.3 is 0 Å². The number of hydrogen-bond acceptors (Lipinski definition) is 5. The van der Waals surface area contributed by atoms with Crippen LogP contribution < -0.4 is 10.6 Å². The van der Waals surface area contributed by atoms with E-state index in [4.69, 9.17) is 0 Å². The van der Waals surface area contributed by atoms with Crippen LogP contribution in [0.2, 0.25) is 0 Å². The number of pyridine rings is 1. The molecule has 2 heterocycles. The number of rotatable bonds is 11. The smallest absolute Gasteiger partial charge is 0.270 e. The molecule has 7 nitrogen and oxygen atoms in total. The zero-order valence-corrected chi connectivity index (χ0v) is 17.7. The number of carbonyl (C=O) groups excluding carboxylic acids is 2. The molecule has 0 atom stereocenters. The summed E-state index contributed by atoms with van der Waals surface area (Å²) in [5.41, 5.74) is 0.417. The Morgan fingerprint density at radius 1 is 1.21 bits per heavy atom. The van der Waals surface area contributed by atoms with E-state index in [1.54, 1.807) is 6.07 Å². The van der Waals surface area contributed by atoms with E-state index in [0.29, 0.717) is 36.6 Å². The van der Waals surface area contributed by atoms with Crippen molar-refractivity contribution in [1.82, 2.24) is 20.1 Å². The van der Waals surface area contributed by atoms with Crippen LogP contribution in [-0.2, 0) is 4.79 Å². The lowest BCUT2D eigenvalue weighted by Gasteiger charge is -2.30. The quantitative estimate of drug-likeness (QED) is 0.568. The van der Waals surface area contributed by atoms with Crippen molar-refractivity contribution in [3.63, 3.8) is 0 Å². The third kappa shape index (κ3) is 6.78. The lowest BCUT2D eigenvalue weighted by atomic mass is 10.2. The van der Waals surface area contributed by atoms with Crippen LogP contribution in [0.4, 0.5) is 5.82 Å². The Balaban J connectivity index is 1.75. The Kier molecular flexibility index (Phi) is 8.70. The molecule has 28 heavy (non-hydrogen) atoms. The molecule has 0 unspecified atom stereocenters. The molecule has 7 heteroatoms. The minimum Gasteiger partial charge on any atom is -0.370 e. The molecule has 0 aliphatic carbocycles. The summed E-state index contributed by atoms with van der Waals surface area (Å²) in [4.78, 5) is 32.7. The van der Waals surface area contributed by atoms with E-state index in [2.05, 4.69) is 48.2 Å². The molecule has 0 saturated carbocycles. The van der Waals surface area contributed by atoms with Gasteiger partial charge in [0.2, 0.25) is 5.91 Å². The second-order valence-corrected chi connectivity index (χ2v) is 7.85. The Bertz CT molecular complexity index is 639. The fourth-order valence-electron chi connectivity index (χ4n) is 3.59. The monoisotopic (exact) mass is 389 g/mol. The highest BCUT2D eigenvalue weighted by Crippen LogP contribution is 2.10. The van der Waals surface area contributed by atoms with Gasteiger partial charge in [0.05, 0.1) is 0 Å². The van der Waals surface area contributed by atoms with E-state index >= 15 is 0 Å². The van der Waals surface area contributed by atoms with Crippen molar-refractivity contribution in [1.29, 1.82) is 0 Å². The van der Waals surface area contributed by atoms with Crippen LogP contribution in [0, 0.1) is 0 Å². The maximum absolute atomic E-state index is 12.4. The van der Waals surface area contributed by atoms with Crippen molar-refractivity contribution >= 4 is 17.6 Å². The van der Waals surface area contributed by atoms with Gasteiger partial charge in [0, 0.05) is 51.2 Å². The normalized spacial score (nSPS) is 14.4. The Morgan fingerprint density at radius 3 is 2.61 bits per heavy atom. The van der Waals surface area contributed by atoms with Crippen LogP contribution in [0.3, 0.4) is 0 Å². The maximum atomic E-state index is 12.4. The topological polar surface area (TPSA) is 77.6 Å². The zero-order chi connectivity index (χ0) is 20.5. The van der Waals surface area contributed by atoms with Gasteiger partial charge in [-0.3, -0.25) is 14.5 Å². The van der Waals surface area contributed by atoms with Crippen molar-refractivity contribution in [2.24, 2.45) is 0 Å². The average molecular weight is 390 g/mol. The van der Waals surface area contributed by atoms with Gasteiger partial charge in [-0.1, -0.05) is 6.07 Å². The fourth-order valence-corrected chi connectivity index (χ4v) is 3.59. The van der Waals surface area contributed by atoms with E-state index < -0.39 is 0 Å². The second kappa shape index (κ2) is 11.0. The standard InChI is InChI=1S/C21H35N5O2/c1-16(2)26(17(3)4)15-12-23-21(28)18-8-5-9-19(24-18)22-11-7-14-25-13-6-10-20(25)27/h5,8-9,16-17H,6-7,10-15H2,1-4H3,(H,22,24)(H,23,28). The number of nitrogens with one attached hydrogen (secondary N) is 2. The predicted molar refractivity (Wildman–Crippen MR) is 112 cm³/mol. The number of nitrogens with zero attached hydrogens (tertiary/aromatic N) is 3. The van der Waals surface area contributed by atoms with Crippen LogP contribution in [0.25, 0.3) is 0 Å². The van der Waals surface area contributed by atoms with E-state index in [9.17, 15) is 9.59 Å². The second-order valence-electron chi connectivity index (χ2n) is 7.85.